The number of pyridine rings is 1. The minimum atomic E-state index is -4.48. The monoisotopic (exact) mass is 548 g/mol. The number of piperidine rings is 1. The highest BCUT2D eigenvalue weighted by Gasteiger charge is 2.37. The van der Waals surface area contributed by atoms with Crippen LogP contribution in [0.15, 0.2) is 36.5 Å². The normalized spacial score (nSPS) is 20.0. The summed E-state index contributed by atoms with van der Waals surface area (Å²) in [6.07, 6.45) is -3.10. The van der Waals surface area contributed by atoms with Gasteiger partial charge in [-0.2, -0.15) is 13.2 Å². The Morgan fingerprint density at radius 3 is 2.54 bits per heavy atom. The summed E-state index contributed by atoms with van der Waals surface area (Å²) in [6, 6.07) is 7.78. The van der Waals surface area contributed by atoms with Crippen molar-refractivity contribution in [1.29, 1.82) is 0 Å². The minimum Gasteiger partial charge on any atom is -0.479 e. The van der Waals surface area contributed by atoms with Crippen molar-refractivity contribution in [2.75, 3.05) is 37.7 Å². The van der Waals surface area contributed by atoms with Gasteiger partial charge < -0.3 is 29.3 Å². The van der Waals surface area contributed by atoms with Crippen molar-refractivity contribution in [1.82, 2.24) is 14.8 Å². The predicted octanol–water partition coefficient (Wildman–Crippen LogP) is 2.15. The molecule has 1 N–H and O–H groups in total. The second kappa shape index (κ2) is 10.7. The maximum Gasteiger partial charge on any atom is 0.422 e. The van der Waals surface area contributed by atoms with Crippen molar-refractivity contribution in [3.05, 3.63) is 47.7 Å². The zero-order valence-corrected chi connectivity index (χ0v) is 20.9. The molecule has 0 saturated carbocycles. The Balaban J connectivity index is 1.18. The van der Waals surface area contributed by atoms with Gasteiger partial charge in [0.25, 0.3) is 11.8 Å². The number of benzene rings is 1. The summed E-state index contributed by atoms with van der Waals surface area (Å²) in [7, 11) is 0. The first-order chi connectivity index (χ1) is 18.6. The van der Waals surface area contributed by atoms with E-state index >= 15 is 0 Å². The number of ether oxygens (including phenoxy) is 2. The van der Waals surface area contributed by atoms with Crippen molar-refractivity contribution in [2.45, 2.75) is 44.2 Å². The van der Waals surface area contributed by atoms with E-state index < -0.39 is 25.0 Å². The van der Waals surface area contributed by atoms with E-state index in [1.165, 1.54) is 28.1 Å². The third-order valence-corrected chi connectivity index (χ3v) is 6.95. The van der Waals surface area contributed by atoms with Crippen LogP contribution in [0.25, 0.3) is 0 Å². The van der Waals surface area contributed by atoms with E-state index in [0.29, 0.717) is 56.7 Å². The molecule has 39 heavy (non-hydrogen) atoms. The summed E-state index contributed by atoms with van der Waals surface area (Å²) >= 11 is 0. The standard InChI is InChI=1S/C26H27F3N4O6/c27-26(28,29)15-38-22-4-3-19(12-30-22)39-21-7-10-33(25(21)37)17-2-1-16-13-32(24(36)20(16)11-17)14-23(35)31-8-5-18(34)6-9-31/h1-4,11-12,18,21,34H,5-10,13-15H2/t21-/m1/s1. The average molecular weight is 549 g/mol. The molecule has 3 aliphatic rings. The van der Waals surface area contributed by atoms with E-state index in [0.717, 1.165) is 5.56 Å². The van der Waals surface area contributed by atoms with Crippen molar-refractivity contribution >= 4 is 23.4 Å². The highest BCUT2D eigenvalue weighted by Crippen LogP contribution is 2.31. The first-order valence-corrected chi connectivity index (χ1v) is 12.6. The lowest BCUT2D eigenvalue weighted by molar-refractivity contribution is -0.154. The number of amides is 3. The fraction of sp³-hybridized carbons (Fsp3) is 0.462. The highest BCUT2D eigenvalue weighted by molar-refractivity contribution is 6.03. The lowest BCUT2D eigenvalue weighted by Crippen LogP contribution is -2.45. The quantitative estimate of drug-likeness (QED) is 0.564. The van der Waals surface area contributed by atoms with Crippen molar-refractivity contribution < 1.29 is 42.1 Å². The minimum absolute atomic E-state index is 0.0500. The van der Waals surface area contributed by atoms with Gasteiger partial charge in [-0.1, -0.05) is 6.07 Å². The molecule has 0 bridgehead atoms. The molecule has 0 aliphatic carbocycles. The molecule has 0 spiro atoms. The third kappa shape index (κ3) is 6.08. The number of aliphatic hydroxyl groups is 1. The van der Waals surface area contributed by atoms with Gasteiger partial charge in [0.05, 0.1) is 12.3 Å². The molecule has 1 aromatic heterocycles. The maximum absolute atomic E-state index is 13.1. The van der Waals surface area contributed by atoms with Crippen LogP contribution >= 0.6 is 0 Å². The van der Waals surface area contributed by atoms with Crippen LogP contribution in [-0.2, 0) is 16.1 Å². The molecule has 10 nitrogen and oxygen atoms in total. The van der Waals surface area contributed by atoms with Gasteiger partial charge in [0.2, 0.25) is 11.8 Å². The van der Waals surface area contributed by atoms with E-state index in [2.05, 4.69) is 9.72 Å². The Bertz CT molecular complexity index is 1250. The van der Waals surface area contributed by atoms with E-state index in [1.807, 2.05) is 0 Å². The van der Waals surface area contributed by atoms with Crippen LogP contribution in [0, 0.1) is 0 Å². The molecule has 5 rings (SSSR count). The third-order valence-electron chi connectivity index (χ3n) is 6.95. The summed E-state index contributed by atoms with van der Waals surface area (Å²) in [5.74, 6) is -0.769. The molecule has 2 aromatic rings. The summed E-state index contributed by atoms with van der Waals surface area (Å²) in [6.45, 7) is 0.0608. The number of halogens is 3. The molecule has 0 radical (unpaired) electrons. The zero-order chi connectivity index (χ0) is 27.7. The Hall–Kier alpha value is -3.87. The van der Waals surface area contributed by atoms with Crippen molar-refractivity contribution in [2.24, 2.45) is 0 Å². The summed E-state index contributed by atoms with van der Waals surface area (Å²) < 4.78 is 47.2. The maximum atomic E-state index is 13.1. The Kier molecular flexibility index (Phi) is 7.34. The van der Waals surface area contributed by atoms with Crippen LogP contribution in [0.5, 0.6) is 11.6 Å². The second-order valence-corrected chi connectivity index (χ2v) is 9.74. The number of carbonyl (C=O) groups excluding carboxylic acids is 3. The van der Waals surface area contributed by atoms with Gasteiger partial charge in [-0.05, 0) is 36.6 Å². The molecule has 1 atom stereocenters. The molecule has 2 fully saturated rings. The van der Waals surface area contributed by atoms with Gasteiger partial charge in [0, 0.05) is 49.9 Å². The summed E-state index contributed by atoms with van der Waals surface area (Å²) in [5.41, 5.74) is 1.74. The van der Waals surface area contributed by atoms with Gasteiger partial charge in [-0.25, -0.2) is 4.98 Å². The topological polar surface area (TPSA) is 113 Å². The molecular formula is C26H27F3N4O6. The van der Waals surface area contributed by atoms with Crippen LogP contribution in [0.2, 0.25) is 0 Å². The lowest BCUT2D eigenvalue weighted by atomic mass is 10.1. The fourth-order valence-corrected chi connectivity index (χ4v) is 4.88. The highest BCUT2D eigenvalue weighted by atomic mass is 19.4. The number of alkyl halides is 3. The number of hydrogen-bond donors (Lipinski definition) is 1. The molecule has 0 unspecified atom stereocenters. The largest absolute Gasteiger partial charge is 0.479 e. The number of likely N-dealkylation sites (tertiary alicyclic amines) is 1. The summed E-state index contributed by atoms with van der Waals surface area (Å²) in [4.78, 5) is 47.2. The number of nitrogens with zero attached hydrogens (tertiary/aromatic N) is 4. The van der Waals surface area contributed by atoms with Gasteiger partial charge in [0.1, 0.15) is 12.3 Å². The van der Waals surface area contributed by atoms with Crippen LogP contribution < -0.4 is 14.4 Å². The lowest BCUT2D eigenvalue weighted by Gasteiger charge is -2.30. The number of rotatable bonds is 7. The first kappa shape index (κ1) is 26.7. The molecule has 3 amide bonds. The SMILES string of the molecule is O=C(CN1Cc2ccc(N3CC[C@@H](Oc4ccc(OCC(F)(F)F)nc4)C3=O)cc2C1=O)N1CCC(O)CC1. The number of hydrogen-bond acceptors (Lipinski definition) is 7. The molecule has 4 heterocycles. The number of aliphatic hydroxyl groups excluding tert-OH is 1. The van der Waals surface area contributed by atoms with E-state index in [-0.39, 0.29) is 35.9 Å². The van der Waals surface area contributed by atoms with Gasteiger partial charge in [0.15, 0.2) is 12.7 Å². The fourth-order valence-electron chi connectivity index (χ4n) is 4.88. The first-order valence-electron chi connectivity index (χ1n) is 12.6. The van der Waals surface area contributed by atoms with Crippen LogP contribution in [0.1, 0.15) is 35.2 Å². The number of carbonyl (C=O) groups is 3. The van der Waals surface area contributed by atoms with Crippen LogP contribution in [0.3, 0.4) is 0 Å². The molecular weight excluding hydrogens is 521 g/mol. The molecule has 13 heteroatoms. The van der Waals surface area contributed by atoms with Crippen LogP contribution in [-0.4, -0.2) is 88.8 Å². The smallest absolute Gasteiger partial charge is 0.422 e. The molecule has 1 aromatic carbocycles. The van der Waals surface area contributed by atoms with E-state index in [4.69, 9.17) is 4.74 Å². The summed E-state index contributed by atoms with van der Waals surface area (Å²) in [5, 5.41) is 9.65. The average Bonchev–Trinajstić information content (AvgIpc) is 3.42. The van der Waals surface area contributed by atoms with Crippen molar-refractivity contribution in [3.8, 4) is 11.6 Å². The zero-order valence-electron chi connectivity index (χ0n) is 20.9. The van der Waals surface area contributed by atoms with E-state index in [1.54, 1.807) is 23.1 Å². The molecule has 3 aliphatic heterocycles. The number of fused-ring (bicyclic) bond motifs is 1. The van der Waals surface area contributed by atoms with Crippen LogP contribution in [0.4, 0.5) is 18.9 Å². The Morgan fingerprint density at radius 2 is 1.85 bits per heavy atom. The van der Waals surface area contributed by atoms with E-state index in [9.17, 15) is 32.7 Å². The number of anilines is 1. The Morgan fingerprint density at radius 1 is 1.08 bits per heavy atom. The Labute approximate surface area is 221 Å². The van der Waals surface area contributed by atoms with Gasteiger partial charge >= 0.3 is 6.18 Å². The van der Waals surface area contributed by atoms with Gasteiger partial charge in [-0.3, -0.25) is 14.4 Å². The number of aromatic nitrogens is 1. The molecule has 208 valence electrons. The second-order valence-electron chi connectivity index (χ2n) is 9.74. The predicted molar refractivity (Wildman–Crippen MR) is 130 cm³/mol. The van der Waals surface area contributed by atoms with Gasteiger partial charge in [-0.15, -0.1) is 0 Å². The van der Waals surface area contributed by atoms with Crippen molar-refractivity contribution in [3.63, 3.8) is 0 Å². The molecule has 2 saturated heterocycles.